The Kier molecular flexibility index (Phi) is 6.77. The summed E-state index contributed by atoms with van der Waals surface area (Å²) in [6.07, 6.45) is 5.48. The van der Waals surface area contributed by atoms with Crippen LogP contribution in [0, 0.1) is 5.82 Å². The van der Waals surface area contributed by atoms with Crippen LogP contribution in [0.5, 0.6) is 11.5 Å². The summed E-state index contributed by atoms with van der Waals surface area (Å²) < 4.78 is 20.7. The molecule has 0 amide bonds. The van der Waals surface area contributed by atoms with Crippen LogP contribution in [0.4, 0.5) is 4.39 Å². The molecular weight excluding hydrogens is 425 g/mol. The van der Waals surface area contributed by atoms with Gasteiger partial charge >= 0.3 is 0 Å². The zero-order valence-electron chi connectivity index (χ0n) is 19.3. The van der Waals surface area contributed by atoms with E-state index >= 15 is 0 Å². The predicted molar refractivity (Wildman–Crippen MR) is 136 cm³/mol. The monoisotopic (exact) mass is 455 g/mol. The zero-order valence-corrected chi connectivity index (χ0v) is 19.3. The number of nitrogens with one attached hydrogen (secondary N) is 1. The SMILES string of the molecule is Oc1ccc2c(Cc3ccc(OCCC4CCCCN4)cc3)c(-c3ccccc3F)ccc2c1. The van der Waals surface area contributed by atoms with Crippen molar-refractivity contribution in [2.75, 3.05) is 13.2 Å². The Balaban J connectivity index is 1.38. The lowest BCUT2D eigenvalue weighted by molar-refractivity contribution is 0.268. The van der Waals surface area contributed by atoms with Crippen LogP contribution in [0.1, 0.15) is 36.8 Å². The van der Waals surface area contributed by atoms with Crippen molar-refractivity contribution in [2.24, 2.45) is 0 Å². The van der Waals surface area contributed by atoms with Crippen LogP contribution in [0.3, 0.4) is 0 Å². The van der Waals surface area contributed by atoms with Gasteiger partial charge in [0.05, 0.1) is 6.61 Å². The normalized spacial score (nSPS) is 16.0. The van der Waals surface area contributed by atoms with Gasteiger partial charge in [0, 0.05) is 11.6 Å². The van der Waals surface area contributed by atoms with Gasteiger partial charge < -0.3 is 15.2 Å². The van der Waals surface area contributed by atoms with Gasteiger partial charge in [0.15, 0.2) is 0 Å². The molecule has 0 saturated carbocycles. The van der Waals surface area contributed by atoms with Crippen molar-refractivity contribution in [1.82, 2.24) is 5.32 Å². The van der Waals surface area contributed by atoms with Gasteiger partial charge in [-0.25, -0.2) is 4.39 Å². The highest BCUT2D eigenvalue weighted by Crippen LogP contribution is 2.35. The Bertz CT molecular complexity index is 1260. The number of hydrogen-bond donors (Lipinski definition) is 2. The van der Waals surface area contributed by atoms with Crippen LogP contribution in [-0.4, -0.2) is 24.3 Å². The maximum Gasteiger partial charge on any atom is 0.131 e. The van der Waals surface area contributed by atoms with Gasteiger partial charge in [-0.2, -0.15) is 0 Å². The maximum atomic E-state index is 14.7. The summed E-state index contributed by atoms with van der Waals surface area (Å²) in [5, 5.41) is 15.5. The van der Waals surface area contributed by atoms with Crippen LogP contribution >= 0.6 is 0 Å². The van der Waals surface area contributed by atoms with E-state index in [1.807, 2.05) is 42.5 Å². The Morgan fingerprint density at radius 3 is 2.56 bits per heavy atom. The molecule has 1 aliphatic heterocycles. The van der Waals surface area contributed by atoms with Gasteiger partial charge in [0.25, 0.3) is 0 Å². The predicted octanol–water partition coefficient (Wildman–Crippen LogP) is 6.85. The number of fused-ring (bicyclic) bond motifs is 1. The van der Waals surface area contributed by atoms with Crippen molar-refractivity contribution in [3.63, 3.8) is 0 Å². The van der Waals surface area contributed by atoms with Crippen LogP contribution in [-0.2, 0) is 6.42 Å². The average molecular weight is 456 g/mol. The highest BCUT2D eigenvalue weighted by molar-refractivity contribution is 5.93. The van der Waals surface area contributed by atoms with Crippen LogP contribution in [0.25, 0.3) is 21.9 Å². The molecule has 3 nitrogen and oxygen atoms in total. The smallest absolute Gasteiger partial charge is 0.131 e. The number of rotatable bonds is 7. The van der Waals surface area contributed by atoms with Crippen molar-refractivity contribution in [3.05, 3.63) is 95.8 Å². The fourth-order valence-electron chi connectivity index (χ4n) is 4.90. The van der Waals surface area contributed by atoms with E-state index in [2.05, 4.69) is 17.4 Å². The third-order valence-electron chi connectivity index (χ3n) is 6.73. The molecule has 1 fully saturated rings. The third kappa shape index (κ3) is 5.07. The molecule has 1 atom stereocenters. The Morgan fingerprint density at radius 1 is 0.912 bits per heavy atom. The molecule has 4 aromatic carbocycles. The van der Waals surface area contributed by atoms with E-state index in [9.17, 15) is 9.50 Å². The maximum absolute atomic E-state index is 14.7. The number of benzene rings is 4. The Hall–Kier alpha value is -3.37. The van der Waals surface area contributed by atoms with E-state index in [4.69, 9.17) is 4.74 Å². The molecule has 1 unspecified atom stereocenters. The number of ether oxygens (including phenoxy) is 1. The third-order valence-corrected chi connectivity index (χ3v) is 6.73. The Labute approximate surface area is 200 Å². The molecule has 1 saturated heterocycles. The van der Waals surface area contributed by atoms with Crippen molar-refractivity contribution in [1.29, 1.82) is 0 Å². The summed E-state index contributed by atoms with van der Waals surface area (Å²) in [6, 6.07) is 24.9. The van der Waals surface area contributed by atoms with Crippen molar-refractivity contribution < 1.29 is 14.2 Å². The van der Waals surface area contributed by atoms with E-state index in [-0.39, 0.29) is 11.6 Å². The van der Waals surface area contributed by atoms with Gasteiger partial charge in [0.1, 0.15) is 17.3 Å². The first-order valence-corrected chi connectivity index (χ1v) is 12.1. The molecule has 4 aromatic rings. The van der Waals surface area contributed by atoms with Gasteiger partial charge in [-0.05, 0) is 90.0 Å². The molecule has 2 N–H and O–H groups in total. The van der Waals surface area contributed by atoms with Crippen LogP contribution in [0.15, 0.2) is 78.9 Å². The van der Waals surface area contributed by atoms with Crippen molar-refractivity contribution >= 4 is 10.8 Å². The fourth-order valence-corrected chi connectivity index (χ4v) is 4.90. The van der Waals surface area contributed by atoms with Gasteiger partial charge in [-0.15, -0.1) is 0 Å². The number of phenolic OH excluding ortho intramolecular Hbond substituents is 1. The lowest BCUT2D eigenvalue weighted by Crippen LogP contribution is -2.35. The standard InChI is InChI=1S/C30H30FNO2/c31-30-7-2-1-6-28(30)27-14-10-22-20-24(33)11-15-26(22)29(27)19-21-8-12-25(13-9-21)34-18-16-23-5-3-4-17-32-23/h1-2,6-15,20,23,32-33H,3-5,16-19H2. The van der Waals surface area contributed by atoms with Crippen LogP contribution < -0.4 is 10.1 Å². The minimum atomic E-state index is -0.238. The highest BCUT2D eigenvalue weighted by atomic mass is 19.1. The second-order valence-corrected chi connectivity index (χ2v) is 9.08. The molecule has 1 heterocycles. The lowest BCUT2D eigenvalue weighted by Gasteiger charge is -2.23. The Morgan fingerprint density at radius 2 is 1.76 bits per heavy atom. The summed E-state index contributed by atoms with van der Waals surface area (Å²) in [4.78, 5) is 0. The molecular formula is C30H30FNO2. The van der Waals surface area contributed by atoms with Crippen molar-refractivity contribution in [2.45, 2.75) is 38.1 Å². The second kappa shape index (κ2) is 10.3. The van der Waals surface area contributed by atoms with E-state index in [1.54, 1.807) is 18.2 Å². The average Bonchev–Trinajstić information content (AvgIpc) is 2.86. The number of hydrogen-bond acceptors (Lipinski definition) is 3. The minimum absolute atomic E-state index is 0.224. The lowest BCUT2D eigenvalue weighted by atomic mass is 9.90. The summed E-state index contributed by atoms with van der Waals surface area (Å²) in [5.41, 5.74) is 3.62. The molecule has 0 aliphatic carbocycles. The molecule has 0 aromatic heterocycles. The largest absolute Gasteiger partial charge is 0.508 e. The number of aromatic hydroxyl groups is 1. The molecule has 5 rings (SSSR count). The van der Waals surface area contributed by atoms with E-state index in [0.717, 1.165) is 46.2 Å². The molecule has 0 spiro atoms. The first kappa shape index (κ1) is 22.4. The quantitative estimate of drug-likeness (QED) is 0.320. The van der Waals surface area contributed by atoms with E-state index in [1.165, 1.54) is 25.3 Å². The first-order chi connectivity index (χ1) is 16.7. The summed E-state index contributed by atoms with van der Waals surface area (Å²) in [6.45, 7) is 1.82. The highest BCUT2D eigenvalue weighted by Gasteiger charge is 2.15. The zero-order chi connectivity index (χ0) is 23.3. The molecule has 174 valence electrons. The summed E-state index contributed by atoms with van der Waals surface area (Å²) >= 11 is 0. The first-order valence-electron chi connectivity index (χ1n) is 12.1. The molecule has 0 bridgehead atoms. The van der Waals surface area contributed by atoms with E-state index < -0.39 is 0 Å². The fraction of sp³-hybridized carbons (Fsp3) is 0.267. The number of phenols is 1. The second-order valence-electron chi connectivity index (χ2n) is 9.08. The summed E-state index contributed by atoms with van der Waals surface area (Å²) in [7, 11) is 0. The van der Waals surface area contributed by atoms with Crippen molar-refractivity contribution in [3.8, 4) is 22.6 Å². The minimum Gasteiger partial charge on any atom is -0.508 e. The number of halogens is 1. The van der Waals surface area contributed by atoms with E-state index in [0.29, 0.717) is 24.6 Å². The van der Waals surface area contributed by atoms with Gasteiger partial charge in [0.2, 0.25) is 0 Å². The van der Waals surface area contributed by atoms with Gasteiger partial charge in [-0.1, -0.05) is 55.0 Å². The molecule has 0 radical (unpaired) electrons. The topological polar surface area (TPSA) is 41.5 Å². The number of piperidine rings is 1. The summed E-state index contributed by atoms with van der Waals surface area (Å²) in [5.74, 6) is 0.858. The molecule has 1 aliphatic rings. The van der Waals surface area contributed by atoms with Crippen LogP contribution in [0.2, 0.25) is 0 Å². The van der Waals surface area contributed by atoms with Gasteiger partial charge in [-0.3, -0.25) is 0 Å². The molecule has 34 heavy (non-hydrogen) atoms. The molecule has 4 heteroatoms.